The summed E-state index contributed by atoms with van der Waals surface area (Å²) >= 11 is 6.16. The second-order valence-electron chi connectivity index (χ2n) is 4.96. The maximum absolute atomic E-state index is 6.16. The van der Waals surface area contributed by atoms with E-state index in [4.69, 9.17) is 21.1 Å². The molecule has 2 heterocycles. The Kier molecular flexibility index (Phi) is 4.48. The Morgan fingerprint density at radius 1 is 1.17 bits per heavy atom. The summed E-state index contributed by atoms with van der Waals surface area (Å²) in [6.45, 7) is 0. The van der Waals surface area contributed by atoms with Crippen molar-refractivity contribution in [2.75, 3.05) is 14.2 Å². The van der Waals surface area contributed by atoms with Gasteiger partial charge < -0.3 is 9.47 Å². The second-order valence-corrected chi connectivity index (χ2v) is 5.37. The molecule has 6 heteroatoms. The fourth-order valence-electron chi connectivity index (χ4n) is 2.47. The van der Waals surface area contributed by atoms with Crippen molar-refractivity contribution in [2.24, 2.45) is 0 Å². The quantitative estimate of drug-likeness (QED) is 0.774. The maximum atomic E-state index is 6.16. The van der Waals surface area contributed by atoms with Gasteiger partial charge in [0.25, 0.3) is 0 Å². The number of benzene rings is 1. The van der Waals surface area contributed by atoms with E-state index >= 15 is 0 Å². The number of para-hydroxylation sites is 1. The highest BCUT2D eigenvalue weighted by atomic mass is 35.5. The standard InChI is InChI=1S/C17H16ClN3O2/c1-22-16-5-3-4-11(17(16)23-2)8-12-9-15(21-20-12)13-6-7-19-10-14(13)18/h3-7,9-10H,8H2,1-2H3,(H,20,21). The summed E-state index contributed by atoms with van der Waals surface area (Å²) < 4.78 is 10.8. The number of H-pyrrole nitrogens is 1. The van der Waals surface area contributed by atoms with E-state index in [0.717, 1.165) is 28.3 Å². The molecule has 0 aliphatic rings. The fraction of sp³-hybridized carbons (Fsp3) is 0.176. The lowest BCUT2D eigenvalue weighted by Gasteiger charge is -2.11. The third kappa shape index (κ3) is 3.14. The summed E-state index contributed by atoms with van der Waals surface area (Å²) in [5.41, 5.74) is 3.61. The van der Waals surface area contributed by atoms with E-state index in [2.05, 4.69) is 15.2 Å². The second kappa shape index (κ2) is 6.71. The van der Waals surface area contributed by atoms with Crippen molar-refractivity contribution in [2.45, 2.75) is 6.42 Å². The molecule has 0 fully saturated rings. The van der Waals surface area contributed by atoms with Crippen LogP contribution >= 0.6 is 11.6 Å². The molecular weight excluding hydrogens is 314 g/mol. The Morgan fingerprint density at radius 3 is 2.78 bits per heavy atom. The largest absolute Gasteiger partial charge is 0.493 e. The molecule has 1 N–H and O–H groups in total. The van der Waals surface area contributed by atoms with Crippen LogP contribution in [0.25, 0.3) is 11.3 Å². The van der Waals surface area contributed by atoms with Gasteiger partial charge in [0.15, 0.2) is 11.5 Å². The van der Waals surface area contributed by atoms with E-state index < -0.39 is 0 Å². The van der Waals surface area contributed by atoms with E-state index in [1.165, 1.54) is 0 Å². The highest BCUT2D eigenvalue weighted by Crippen LogP contribution is 2.32. The number of pyridine rings is 1. The molecule has 0 amide bonds. The normalized spacial score (nSPS) is 10.6. The van der Waals surface area contributed by atoms with Gasteiger partial charge in [0.05, 0.1) is 24.9 Å². The Labute approximate surface area is 139 Å². The zero-order valence-electron chi connectivity index (χ0n) is 12.8. The summed E-state index contributed by atoms with van der Waals surface area (Å²) in [4.78, 5) is 3.99. The van der Waals surface area contributed by atoms with Crippen LogP contribution in [0, 0.1) is 0 Å². The van der Waals surface area contributed by atoms with Crippen LogP contribution in [0.15, 0.2) is 42.7 Å². The number of aromatic nitrogens is 3. The Morgan fingerprint density at radius 2 is 2.04 bits per heavy atom. The summed E-state index contributed by atoms with van der Waals surface area (Å²) in [7, 11) is 3.26. The van der Waals surface area contributed by atoms with E-state index in [1.807, 2.05) is 30.3 Å². The Hall–Kier alpha value is -2.53. The molecular formula is C17H16ClN3O2. The molecule has 0 saturated heterocycles. The van der Waals surface area contributed by atoms with Gasteiger partial charge in [0.1, 0.15) is 0 Å². The van der Waals surface area contributed by atoms with Crippen LogP contribution in [0.5, 0.6) is 11.5 Å². The van der Waals surface area contributed by atoms with Crippen molar-refractivity contribution in [1.82, 2.24) is 15.2 Å². The summed E-state index contributed by atoms with van der Waals surface area (Å²) in [6, 6.07) is 9.63. The first-order valence-corrected chi connectivity index (χ1v) is 7.44. The number of methoxy groups -OCH3 is 2. The minimum Gasteiger partial charge on any atom is -0.493 e. The topological polar surface area (TPSA) is 60.0 Å². The minimum atomic E-state index is 0.574. The molecule has 0 bridgehead atoms. The van der Waals surface area contributed by atoms with Gasteiger partial charge in [-0.25, -0.2) is 0 Å². The monoisotopic (exact) mass is 329 g/mol. The van der Waals surface area contributed by atoms with Crippen LogP contribution in [0.4, 0.5) is 0 Å². The third-order valence-corrected chi connectivity index (χ3v) is 3.85. The Bertz CT molecular complexity index is 817. The molecule has 0 atom stereocenters. The number of aromatic amines is 1. The van der Waals surface area contributed by atoms with Gasteiger partial charge in [-0.3, -0.25) is 10.1 Å². The number of halogens is 1. The number of hydrogen-bond acceptors (Lipinski definition) is 4. The molecule has 23 heavy (non-hydrogen) atoms. The van der Waals surface area contributed by atoms with Crippen LogP contribution in [0.3, 0.4) is 0 Å². The number of hydrogen-bond donors (Lipinski definition) is 1. The molecule has 0 spiro atoms. The van der Waals surface area contributed by atoms with Crippen molar-refractivity contribution in [3.8, 4) is 22.8 Å². The average Bonchev–Trinajstić information content (AvgIpc) is 3.03. The Balaban J connectivity index is 1.90. The predicted octanol–water partition coefficient (Wildman–Crippen LogP) is 3.73. The maximum Gasteiger partial charge on any atom is 0.164 e. The van der Waals surface area contributed by atoms with Gasteiger partial charge in [0, 0.05) is 35.6 Å². The van der Waals surface area contributed by atoms with Crippen molar-refractivity contribution in [3.05, 3.63) is 59.0 Å². The molecule has 3 rings (SSSR count). The van der Waals surface area contributed by atoms with E-state index in [1.54, 1.807) is 26.6 Å². The first-order valence-electron chi connectivity index (χ1n) is 7.07. The van der Waals surface area contributed by atoms with Crippen LogP contribution in [-0.4, -0.2) is 29.4 Å². The number of ether oxygens (including phenoxy) is 2. The van der Waals surface area contributed by atoms with E-state index in [0.29, 0.717) is 17.2 Å². The van der Waals surface area contributed by atoms with Crippen LogP contribution < -0.4 is 9.47 Å². The van der Waals surface area contributed by atoms with E-state index in [-0.39, 0.29) is 0 Å². The minimum absolute atomic E-state index is 0.574. The zero-order valence-corrected chi connectivity index (χ0v) is 13.6. The van der Waals surface area contributed by atoms with Crippen molar-refractivity contribution in [1.29, 1.82) is 0 Å². The molecule has 5 nitrogen and oxygen atoms in total. The molecule has 1 aromatic carbocycles. The molecule has 0 saturated carbocycles. The SMILES string of the molecule is COc1cccc(Cc2cc(-c3ccncc3Cl)n[nH]2)c1OC. The lowest BCUT2D eigenvalue weighted by Crippen LogP contribution is -1.97. The molecule has 0 aliphatic carbocycles. The molecule has 3 aromatic rings. The first kappa shape index (κ1) is 15.4. The van der Waals surface area contributed by atoms with Crippen molar-refractivity contribution >= 4 is 11.6 Å². The van der Waals surface area contributed by atoms with Crippen LogP contribution in [0.1, 0.15) is 11.3 Å². The van der Waals surface area contributed by atoms with Gasteiger partial charge in [-0.1, -0.05) is 23.7 Å². The van der Waals surface area contributed by atoms with Crippen molar-refractivity contribution in [3.63, 3.8) is 0 Å². The smallest absolute Gasteiger partial charge is 0.164 e. The van der Waals surface area contributed by atoms with E-state index in [9.17, 15) is 0 Å². The molecule has 2 aromatic heterocycles. The fourth-order valence-corrected chi connectivity index (χ4v) is 2.69. The summed E-state index contributed by atoms with van der Waals surface area (Å²) in [5.74, 6) is 1.44. The predicted molar refractivity (Wildman–Crippen MR) is 89.2 cm³/mol. The highest BCUT2D eigenvalue weighted by molar-refractivity contribution is 6.33. The number of nitrogens with one attached hydrogen (secondary N) is 1. The first-order chi connectivity index (χ1) is 11.2. The zero-order chi connectivity index (χ0) is 16.2. The third-order valence-electron chi connectivity index (χ3n) is 3.54. The van der Waals surface area contributed by atoms with Gasteiger partial charge >= 0.3 is 0 Å². The average molecular weight is 330 g/mol. The lowest BCUT2D eigenvalue weighted by atomic mass is 10.1. The van der Waals surface area contributed by atoms with Crippen molar-refractivity contribution < 1.29 is 9.47 Å². The molecule has 0 aliphatic heterocycles. The molecule has 0 unspecified atom stereocenters. The van der Waals surface area contributed by atoms with Crippen LogP contribution in [0.2, 0.25) is 5.02 Å². The lowest BCUT2D eigenvalue weighted by molar-refractivity contribution is 0.352. The van der Waals surface area contributed by atoms with Crippen LogP contribution in [-0.2, 0) is 6.42 Å². The number of rotatable bonds is 5. The summed E-state index contributed by atoms with van der Waals surface area (Å²) in [5, 5.41) is 7.95. The van der Waals surface area contributed by atoms with Gasteiger partial charge in [-0.05, 0) is 18.2 Å². The number of nitrogens with zero attached hydrogens (tertiary/aromatic N) is 2. The molecule has 118 valence electrons. The molecule has 0 radical (unpaired) electrons. The van der Waals surface area contributed by atoms with Gasteiger partial charge in [-0.15, -0.1) is 0 Å². The van der Waals surface area contributed by atoms with Gasteiger partial charge in [0.2, 0.25) is 0 Å². The van der Waals surface area contributed by atoms with Gasteiger partial charge in [-0.2, -0.15) is 5.10 Å². The summed E-state index contributed by atoms with van der Waals surface area (Å²) in [6.07, 6.45) is 3.95. The highest BCUT2D eigenvalue weighted by Gasteiger charge is 2.13.